The molecule has 1 heterocycles. The molecule has 1 aromatic heterocycles. The molecule has 0 spiro atoms. The lowest BCUT2D eigenvalue weighted by molar-refractivity contribution is -0.385. The van der Waals surface area contributed by atoms with Gasteiger partial charge in [0.25, 0.3) is 11.6 Å². The number of ether oxygens (including phenoxy) is 2. The van der Waals surface area contributed by atoms with Crippen LogP contribution in [0.5, 0.6) is 11.5 Å². The van der Waals surface area contributed by atoms with Gasteiger partial charge in [-0.05, 0) is 25.0 Å². The summed E-state index contributed by atoms with van der Waals surface area (Å²) in [5.41, 5.74) is 1.70. The van der Waals surface area contributed by atoms with Gasteiger partial charge in [-0.2, -0.15) is 0 Å². The number of methoxy groups -OCH3 is 1. The van der Waals surface area contributed by atoms with E-state index in [0.717, 1.165) is 16.5 Å². The Hall–Kier alpha value is -3.55. The van der Waals surface area contributed by atoms with Crippen molar-refractivity contribution in [2.75, 3.05) is 20.3 Å². The first kappa shape index (κ1) is 19.2. The van der Waals surface area contributed by atoms with Crippen molar-refractivity contribution < 1.29 is 19.2 Å². The summed E-state index contributed by atoms with van der Waals surface area (Å²) in [4.78, 5) is 26.6. The Kier molecular flexibility index (Phi) is 5.78. The molecule has 0 radical (unpaired) electrons. The third-order valence-electron chi connectivity index (χ3n) is 4.38. The number of H-pyrrole nitrogens is 1. The summed E-state index contributed by atoms with van der Waals surface area (Å²) in [5.74, 6) is -0.0311. The van der Waals surface area contributed by atoms with Crippen LogP contribution in [0.25, 0.3) is 10.9 Å². The van der Waals surface area contributed by atoms with Gasteiger partial charge >= 0.3 is 0 Å². The number of rotatable bonds is 8. The van der Waals surface area contributed by atoms with E-state index in [-0.39, 0.29) is 22.7 Å². The highest BCUT2D eigenvalue weighted by Crippen LogP contribution is 2.34. The fraction of sp³-hybridized carbons (Fsp3) is 0.250. The summed E-state index contributed by atoms with van der Waals surface area (Å²) in [6.45, 7) is 2.46. The van der Waals surface area contributed by atoms with Gasteiger partial charge < -0.3 is 19.8 Å². The summed E-state index contributed by atoms with van der Waals surface area (Å²) < 4.78 is 10.6. The highest BCUT2D eigenvalue weighted by atomic mass is 16.6. The zero-order chi connectivity index (χ0) is 20.1. The molecule has 8 heteroatoms. The van der Waals surface area contributed by atoms with Crippen LogP contribution in [0.4, 0.5) is 5.69 Å². The summed E-state index contributed by atoms with van der Waals surface area (Å²) >= 11 is 0. The molecule has 0 unspecified atom stereocenters. The number of benzene rings is 2. The number of carbonyl (C=O) groups is 1. The number of nitrogens with one attached hydrogen (secondary N) is 2. The fourth-order valence-electron chi connectivity index (χ4n) is 3.05. The van der Waals surface area contributed by atoms with Crippen LogP contribution in [-0.4, -0.2) is 36.1 Å². The Balaban J connectivity index is 1.77. The molecule has 8 nitrogen and oxygen atoms in total. The average molecular weight is 383 g/mol. The minimum absolute atomic E-state index is 0.0619. The normalized spacial score (nSPS) is 10.6. The predicted molar refractivity (Wildman–Crippen MR) is 105 cm³/mol. The van der Waals surface area contributed by atoms with Gasteiger partial charge in [0.2, 0.25) is 0 Å². The number of nitro benzene ring substituents is 1. The van der Waals surface area contributed by atoms with Gasteiger partial charge in [-0.1, -0.05) is 18.2 Å². The monoisotopic (exact) mass is 383 g/mol. The number of hydrogen-bond donors (Lipinski definition) is 2. The highest BCUT2D eigenvalue weighted by Gasteiger charge is 2.24. The minimum Gasteiger partial charge on any atom is -0.493 e. The first-order valence-corrected chi connectivity index (χ1v) is 8.87. The fourth-order valence-corrected chi connectivity index (χ4v) is 3.05. The smallest absolute Gasteiger partial charge is 0.286 e. The topological polar surface area (TPSA) is 106 Å². The van der Waals surface area contributed by atoms with Gasteiger partial charge in [0.1, 0.15) is 5.56 Å². The number of aromatic nitrogens is 1. The molecular weight excluding hydrogens is 362 g/mol. The van der Waals surface area contributed by atoms with E-state index in [2.05, 4.69) is 10.3 Å². The zero-order valence-corrected chi connectivity index (χ0v) is 15.7. The maximum Gasteiger partial charge on any atom is 0.286 e. The van der Waals surface area contributed by atoms with Crippen molar-refractivity contribution in [1.29, 1.82) is 0 Å². The van der Waals surface area contributed by atoms with Crippen molar-refractivity contribution in [3.63, 3.8) is 0 Å². The molecule has 146 valence electrons. The van der Waals surface area contributed by atoms with E-state index in [1.807, 2.05) is 30.5 Å². The zero-order valence-electron chi connectivity index (χ0n) is 15.7. The van der Waals surface area contributed by atoms with E-state index in [9.17, 15) is 14.9 Å². The lowest BCUT2D eigenvalue weighted by atomic mass is 10.1. The number of amides is 1. The van der Waals surface area contributed by atoms with Gasteiger partial charge in [0.05, 0.1) is 24.7 Å². The summed E-state index contributed by atoms with van der Waals surface area (Å²) in [6, 6.07) is 10.4. The van der Waals surface area contributed by atoms with E-state index < -0.39 is 10.8 Å². The first-order valence-electron chi connectivity index (χ1n) is 8.87. The van der Waals surface area contributed by atoms with Crippen LogP contribution < -0.4 is 14.8 Å². The van der Waals surface area contributed by atoms with Crippen LogP contribution >= 0.6 is 0 Å². The second-order valence-corrected chi connectivity index (χ2v) is 6.08. The third kappa shape index (κ3) is 3.90. The Morgan fingerprint density at radius 1 is 1.25 bits per heavy atom. The number of nitrogens with zero attached hydrogens (tertiary/aromatic N) is 1. The van der Waals surface area contributed by atoms with E-state index in [1.54, 1.807) is 6.92 Å². The summed E-state index contributed by atoms with van der Waals surface area (Å²) in [6.07, 6.45) is 2.50. The molecule has 3 aromatic rings. The number of nitro groups is 1. The average Bonchev–Trinajstić information content (AvgIpc) is 3.11. The molecule has 0 atom stereocenters. The number of carbonyl (C=O) groups excluding carboxylic acids is 1. The van der Waals surface area contributed by atoms with Crippen molar-refractivity contribution in [1.82, 2.24) is 10.3 Å². The Labute approximate surface area is 161 Å². The van der Waals surface area contributed by atoms with Crippen molar-refractivity contribution in [3.8, 4) is 11.5 Å². The van der Waals surface area contributed by atoms with Crippen LogP contribution in [0.3, 0.4) is 0 Å². The van der Waals surface area contributed by atoms with Crippen molar-refractivity contribution in [3.05, 3.63) is 63.8 Å². The molecule has 28 heavy (non-hydrogen) atoms. The van der Waals surface area contributed by atoms with E-state index in [0.29, 0.717) is 19.6 Å². The molecule has 0 saturated heterocycles. The van der Waals surface area contributed by atoms with Gasteiger partial charge in [-0.25, -0.2) is 0 Å². The summed E-state index contributed by atoms with van der Waals surface area (Å²) in [5, 5.41) is 15.2. The summed E-state index contributed by atoms with van der Waals surface area (Å²) in [7, 11) is 1.39. The van der Waals surface area contributed by atoms with Crippen molar-refractivity contribution in [2.24, 2.45) is 0 Å². The lowest BCUT2D eigenvalue weighted by Gasteiger charge is -2.12. The van der Waals surface area contributed by atoms with Crippen LogP contribution in [0.15, 0.2) is 42.6 Å². The molecule has 0 fully saturated rings. The molecule has 0 aliphatic carbocycles. The molecule has 1 amide bonds. The van der Waals surface area contributed by atoms with Gasteiger partial charge in [-0.15, -0.1) is 0 Å². The standard InChI is InChI=1S/C20H21N3O5/c1-3-28-19-10-15(17(23(25)26)11-18(19)27-2)20(24)21-9-8-13-12-22-16-7-5-4-6-14(13)16/h4-7,10-12,22H,3,8-9H2,1-2H3,(H,21,24). The molecule has 0 aliphatic heterocycles. The van der Waals surface area contributed by atoms with Crippen LogP contribution in [0.1, 0.15) is 22.8 Å². The van der Waals surface area contributed by atoms with Crippen LogP contribution in [0, 0.1) is 10.1 Å². The molecule has 2 N–H and O–H groups in total. The van der Waals surface area contributed by atoms with Gasteiger partial charge in [-0.3, -0.25) is 14.9 Å². The minimum atomic E-state index is -0.604. The van der Waals surface area contributed by atoms with E-state index in [4.69, 9.17) is 9.47 Å². The second kappa shape index (κ2) is 8.43. The maximum atomic E-state index is 12.6. The van der Waals surface area contributed by atoms with Crippen molar-refractivity contribution in [2.45, 2.75) is 13.3 Å². The van der Waals surface area contributed by atoms with Gasteiger partial charge in [0, 0.05) is 29.7 Å². The Morgan fingerprint density at radius 3 is 2.75 bits per heavy atom. The quantitative estimate of drug-likeness (QED) is 0.458. The second-order valence-electron chi connectivity index (χ2n) is 6.08. The Morgan fingerprint density at radius 2 is 2.04 bits per heavy atom. The van der Waals surface area contributed by atoms with Gasteiger partial charge in [0.15, 0.2) is 11.5 Å². The molecule has 3 rings (SSSR count). The largest absolute Gasteiger partial charge is 0.493 e. The van der Waals surface area contributed by atoms with Crippen LogP contribution in [0.2, 0.25) is 0 Å². The lowest BCUT2D eigenvalue weighted by Crippen LogP contribution is -2.26. The SMILES string of the molecule is CCOc1cc(C(=O)NCCc2c[nH]c3ccccc23)c([N+](=O)[O-])cc1OC. The third-order valence-corrected chi connectivity index (χ3v) is 4.38. The number of aromatic amines is 1. The predicted octanol–water partition coefficient (Wildman–Crippen LogP) is 3.46. The Bertz CT molecular complexity index is 1010. The molecule has 0 saturated carbocycles. The number of fused-ring (bicyclic) bond motifs is 1. The molecule has 2 aromatic carbocycles. The number of para-hydroxylation sites is 1. The van der Waals surface area contributed by atoms with E-state index >= 15 is 0 Å². The first-order chi connectivity index (χ1) is 13.5. The molecular formula is C20H21N3O5. The highest BCUT2D eigenvalue weighted by molar-refractivity contribution is 5.99. The molecule has 0 bridgehead atoms. The molecule has 0 aliphatic rings. The maximum absolute atomic E-state index is 12.6. The van der Waals surface area contributed by atoms with E-state index in [1.165, 1.54) is 19.2 Å². The number of hydrogen-bond acceptors (Lipinski definition) is 5. The van der Waals surface area contributed by atoms with Crippen LogP contribution in [-0.2, 0) is 6.42 Å². The van der Waals surface area contributed by atoms with Crippen molar-refractivity contribution >= 4 is 22.5 Å².